The van der Waals surface area contributed by atoms with Crippen molar-refractivity contribution in [2.45, 2.75) is 25.6 Å². The third-order valence-electron chi connectivity index (χ3n) is 3.75. The Balaban J connectivity index is 2.15. The van der Waals surface area contributed by atoms with Gasteiger partial charge in [-0.15, -0.1) is 0 Å². The van der Waals surface area contributed by atoms with E-state index in [-0.39, 0.29) is 29.4 Å². The maximum absolute atomic E-state index is 11.1. The summed E-state index contributed by atoms with van der Waals surface area (Å²) >= 11 is 0. The highest BCUT2D eigenvalue weighted by atomic mass is 16.6. The van der Waals surface area contributed by atoms with E-state index in [1.54, 1.807) is 19.2 Å². The molecule has 1 fully saturated rings. The van der Waals surface area contributed by atoms with Crippen LogP contribution < -0.4 is 5.32 Å². The minimum absolute atomic E-state index is 0.0118. The van der Waals surface area contributed by atoms with Crippen LogP contribution in [0.25, 0.3) is 0 Å². The van der Waals surface area contributed by atoms with Gasteiger partial charge in [0.15, 0.2) is 0 Å². The molecule has 1 aromatic rings. The van der Waals surface area contributed by atoms with Gasteiger partial charge in [0.2, 0.25) is 0 Å². The Labute approximate surface area is 123 Å². The summed E-state index contributed by atoms with van der Waals surface area (Å²) in [6, 6.07) is 5.43. The number of rotatable bonds is 5. The van der Waals surface area contributed by atoms with E-state index in [4.69, 9.17) is 4.74 Å². The maximum Gasteiger partial charge on any atom is 0.292 e. The Morgan fingerprint density at radius 1 is 1.57 bits per heavy atom. The minimum atomic E-state index is -0.380. The van der Waals surface area contributed by atoms with Crippen molar-refractivity contribution >= 4 is 11.4 Å². The molecule has 0 aromatic heterocycles. The fraction of sp³-hybridized carbons (Fsp3) is 0.571. The summed E-state index contributed by atoms with van der Waals surface area (Å²) in [5.41, 5.74) is 1.47. The molecule has 2 unspecified atom stereocenters. The minimum Gasteiger partial charge on any atom is -0.394 e. The average molecular weight is 295 g/mol. The Hall–Kier alpha value is -1.70. The summed E-state index contributed by atoms with van der Waals surface area (Å²) in [6.07, 6.45) is -0.187. The van der Waals surface area contributed by atoms with Crippen molar-refractivity contribution in [1.82, 2.24) is 4.90 Å². The predicted molar refractivity (Wildman–Crippen MR) is 79.3 cm³/mol. The first-order valence-electron chi connectivity index (χ1n) is 6.96. The van der Waals surface area contributed by atoms with E-state index in [0.29, 0.717) is 25.4 Å². The van der Waals surface area contributed by atoms with E-state index in [0.717, 1.165) is 5.56 Å². The van der Waals surface area contributed by atoms with Crippen molar-refractivity contribution in [3.8, 4) is 0 Å². The lowest BCUT2D eigenvalue weighted by Crippen LogP contribution is -2.48. The SMILES string of the molecule is CNc1ccc(CN2CC(CO)OCC2C)cc1[N+](=O)[O-]. The zero-order chi connectivity index (χ0) is 15.4. The largest absolute Gasteiger partial charge is 0.394 e. The van der Waals surface area contributed by atoms with Gasteiger partial charge in [0, 0.05) is 32.2 Å². The zero-order valence-electron chi connectivity index (χ0n) is 12.3. The van der Waals surface area contributed by atoms with Crippen molar-refractivity contribution in [3.63, 3.8) is 0 Å². The molecule has 0 amide bonds. The number of hydrogen-bond acceptors (Lipinski definition) is 6. The first kappa shape index (κ1) is 15.7. The van der Waals surface area contributed by atoms with Crippen LogP contribution in [0, 0.1) is 10.1 Å². The van der Waals surface area contributed by atoms with Crippen LogP contribution in [0.1, 0.15) is 12.5 Å². The smallest absolute Gasteiger partial charge is 0.292 e. The molecule has 116 valence electrons. The summed E-state index contributed by atoms with van der Waals surface area (Å²) in [4.78, 5) is 12.9. The summed E-state index contributed by atoms with van der Waals surface area (Å²) in [7, 11) is 1.66. The van der Waals surface area contributed by atoms with Crippen molar-refractivity contribution in [1.29, 1.82) is 0 Å². The Kier molecular flexibility index (Phi) is 5.11. The number of benzene rings is 1. The van der Waals surface area contributed by atoms with Crippen molar-refractivity contribution < 1.29 is 14.8 Å². The molecule has 1 aliphatic heterocycles. The van der Waals surface area contributed by atoms with Crippen molar-refractivity contribution in [2.24, 2.45) is 0 Å². The number of hydrogen-bond donors (Lipinski definition) is 2. The molecule has 0 radical (unpaired) electrons. The fourth-order valence-corrected chi connectivity index (χ4v) is 2.48. The molecule has 1 aliphatic rings. The van der Waals surface area contributed by atoms with E-state index >= 15 is 0 Å². The van der Waals surface area contributed by atoms with Gasteiger partial charge >= 0.3 is 0 Å². The fourth-order valence-electron chi connectivity index (χ4n) is 2.48. The molecule has 7 heteroatoms. The third-order valence-corrected chi connectivity index (χ3v) is 3.75. The lowest BCUT2D eigenvalue weighted by molar-refractivity contribution is -0.384. The van der Waals surface area contributed by atoms with Gasteiger partial charge in [-0.25, -0.2) is 0 Å². The molecule has 1 saturated heterocycles. The highest BCUT2D eigenvalue weighted by molar-refractivity contribution is 5.62. The van der Waals surface area contributed by atoms with E-state index in [2.05, 4.69) is 10.2 Å². The van der Waals surface area contributed by atoms with E-state index in [1.807, 2.05) is 13.0 Å². The van der Waals surface area contributed by atoms with Gasteiger partial charge in [-0.3, -0.25) is 15.0 Å². The third kappa shape index (κ3) is 3.69. The summed E-state index contributed by atoms with van der Waals surface area (Å²) in [5.74, 6) is 0. The first-order chi connectivity index (χ1) is 10.0. The topological polar surface area (TPSA) is 87.9 Å². The van der Waals surface area contributed by atoms with Gasteiger partial charge in [-0.2, -0.15) is 0 Å². The van der Waals surface area contributed by atoms with Gasteiger partial charge in [0.05, 0.1) is 24.2 Å². The average Bonchev–Trinajstić information content (AvgIpc) is 2.49. The summed E-state index contributed by atoms with van der Waals surface area (Å²) in [6.45, 7) is 3.82. The number of nitrogens with zero attached hydrogens (tertiary/aromatic N) is 2. The van der Waals surface area contributed by atoms with Crippen molar-refractivity contribution in [3.05, 3.63) is 33.9 Å². The van der Waals surface area contributed by atoms with Crippen LogP contribution in [0.5, 0.6) is 0 Å². The Bertz CT molecular complexity index is 509. The van der Waals surface area contributed by atoms with E-state index in [9.17, 15) is 15.2 Å². The normalized spacial score (nSPS) is 23.0. The maximum atomic E-state index is 11.1. The number of morpholine rings is 1. The Morgan fingerprint density at radius 2 is 2.33 bits per heavy atom. The van der Waals surface area contributed by atoms with E-state index < -0.39 is 0 Å². The molecule has 2 N–H and O–H groups in total. The zero-order valence-corrected chi connectivity index (χ0v) is 12.3. The van der Waals surface area contributed by atoms with E-state index in [1.165, 1.54) is 0 Å². The predicted octanol–water partition coefficient (Wildman–Crippen LogP) is 1.22. The van der Waals surface area contributed by atoms with Crippen LogP contribution in [-0.4, -0.2) is 53.9 Å². The lowest BCUT2D eigenvalue weighted by Gasteiger charge is -2.37. The molecule has 0 spiro atoms. The second-order valence-corrected chi connectivity index (χ2v) is 5.27. The first-order valence-corrected chi connectivity index (χ1v) is 6.96. The number of nitro groups is 1. The number of nitro benzene ring substituents is 1. The standard InChI is InChI=1S/C14H21N3O4/c1-10-9-21-12(8-18)7-16(10)6-11-3-4-13(15-2)14(5-11)17(19)20/h3-5,10,12,15,18H,6-9H2,1-2H3. The van der Waals surface area contributed by atoms with Gasteiger partial charge in [0.25, 0.3) is 5.69 Å². The van der Waals surface area contributed by atoms with Crippen LogP contribution in [0.4, 0.5) is 11.4 Å². The number of aliphatic hydroxyl groups is 1. The lowest BCUT2D eigenvalue weighted by atomic mass is 10.1. The molecule has 21 heavy (non-hydrogen) atoms. The molecule has 0 bridgehead atoms. The molecular formula is C14H21N3O4. The molecule has 7 nitrogen and oxygen atoms in total. The molecule has 2 rings (SSSR count). The van der Waals surface area contributed by atoms with Crippen LogP contribution >= 0.6 is 0 Å². The molecule has 0 aliphatic carbocycles. The molecule has 2 atom stereocenters. The van der Waals surface area contributed by atoms with Crippen LogP contribution in [-0.2, 0) is 11.3 Å². The molecule has 1 heterocycles. The van der Waals surface area contributed by atoms with Crippen molar-refractivity contribution in [2.75, 3.05) is 32.1 Å². The van der Waals surface area contributed by atoms with Crippen LogP contribution in [0.3, 0.4) is 0 Å². The highest BCUT2D eigenvalue weighted by Gasteiger charge is 2.26. The second kappa shape index (κ2) is 6.84. The van der Waals surface area contributed by atoms with Gasteiger partial charge in [-0.05, 0) is 18.6 Å². The number of anilines is 1. The van der Waals surface area contributed by atoms with Gasteiger partial charge < -0.3 is 15.2 Å². The Morgan fingerprint density at radius 3 is 2.95 bits per heavy atom. The monoisotopic (exact) mass is 295 g/mol. The van der Waals surface area contributed by atoms with Crippen LogP contribution in [0.2, 0.25) is 0 Å². The number of ether oxygens (including phenoxy) is 1. The highest BCUT2D eigenvalue weighted by Crippen LogP contribution is 2.26. The quantitative estimate of drug-likeness (QED) is 0.627. The second-order valence-electron chi connectivity index (χ2n) is 5.27. The van der Waals surface area contributed by atoms with Crippen LogP contribution in [0.15, 0.2) is 18.2 Å². The molecule has 0 saturated carbocycles. The molecule has 1 aromatic carbocycles. The number of aliphatic hydroxyl groups excluding tert-OH is 1. The van der Waals surface area contributed by atoms with Gasteiger partial charge in [0.1, 0.15) is 5.69 Å². The molecular weight excluding hydrogens is 274 g/mol. The summed E-state index contributed by atoms with van der Waals surface area (Å²) < 4.78 is 5.50. The number of nitrogens with one attached hydrogen (secondary N) is 1. The van der Waals surface area contributed by atoms with Gasteiger partial charge in [-0.1, -0.05) is 6.07 Å². The summed E-state index contributed by atoms with van der Waals surface area (Å²) in [5, 5.41) is 23.1.